The Balaban J connectivity index is 1.65. The largest absolute Gasteiger partial charge is 0.445 e. The molecule has 0 bridgehead atoms. The molecule has 3 rings (SSSR count). The van der Waals surface area contributed by atoms with E-state index >= 15 is 0 Å². The second-order valence-corrected chi connectivity index (χ2v) is 9.80. The molecule has 25 heavy (non-hydrogen) atoms. The zero-order valence-electron chi connectivity index (χ0n) is 15.2. The van der Waals surface area contributed by atoms with E-state index in [1.54, 1.807) is 4.90 Å². The lowest BCUT2D eigenvalue weighted by Gasteiger charge is -2.33. The van der Waals surface area contributed by atoms with E-state index in [2.05, 4.69) is 4.40 Å². The van der Waals surface area contributed by atoms with Gasteiger partial charge in [-0.3, -0.25) is 0 Å². The molecule has 1 saturated carbocycles. The number of piperidine rings is 1. The Labute approximate surface area is 152 Å². The summed E-state index contributed by atoms with van der Waals surface area (Å²) in [4.78, 5) is 14.1. The Hall–Kier alpha value is -1.69. The number of amides is 1. The van der Waals surface area contributed by atoms with Crippen LogP contribution in [0.3, 0.4) is 0 Å². The molecule has 1 aliphatic carbocycles. The first-order valence-corrected chi connectivity index (χ1v) is 9.87. The van der Waals surface area contributed by atoms with Crippen LogP contribution in [0.25, 0.3) is 0 Å². The highest BCUT2D eigenvalue weighted by Gasteiger charge is 2.51. The first-order valence-electron chi connectivity index (χ1n) is 8.76. The molecule has 0 N–H and O–H groups in total. The maximum atomic E-state index is 12.4. The van der Waals surface area contributed by atoms with Gasteiger partial charge in [0.15, 0.2) is 0 Å². The van der Waals surface area contributed by atoms with Gasteiger partial charge in [0, 0.05) is 12.0 Å². The number of carbonyl (C=O) groups is 1. The van der Waals surface area contributed by atoms with Crippen molar-refractivity contribution < 1.29 is 13.7 Å². The van der Waals surface area contributed by atoms with Crippen molar-refractivity contribution in [2.75, 3.05) is 13.1 Å². The van der Waals surface area contributed by atoms with Gasteiger partial charge in [0.25, 0.3) is 0 Å². The molecule has 1 aromatic rings. The Morgan fingerprint density at radius 3 is 2.52 bits per heavy atom. The minimum atomic E-state index is -1.29. The number of benzene rings is 1. The monoisotopic (exact) mass is 362 g/mol. The molecule has 1 amide bonds. The fraction of sp³-hybridized carbons (Fsp3) is 0.579. The summed E-state index contributed by atoms with van der Waals surface area (Å²) in [5.41, 5.74) is 1.95. The van der Waals surface area contributed by atoms with E-state index in [0.29, 0.717) is 13.1 Å². The Morgan fingerprint density at radius 2 is 1.92 bits per heavy atom. The van der Waals surface area contributed by atoms with Crippen molar-refractivity contribution in [3.63, 3.8) is 0 Å². The van der Waals surface area contributed by atoms with Gasteiger partial charge < -0.3 is 9.64 Å². The van der Waals surface area contributed by atoms with Crippen molar-refractivity contribution in [1.29, 1.82) is 0 Å². The summed E-state index contributed by atoms with van der Waals surface area (Å²) in [5.74, 6) is 0. The summed E-state index contributed by atoms with van der Waals surface area (Å²) < 4.78 is 22.0. The fourth-order valence-electron chi connectivity index (χ4n) is 2.94. The minimum absolute atomic E-state index is 0.0805. The van der Waals surface area contributed by atoms with Gasteiger partial charge in [-0.2, -0.15) is 4.40 Å². The van der Waals surface area contributed by atoms with Gasteiger partial charge in [0.2, 0.25) is 0 Å². The van der Waals surface area contributed by atoms with Gasteiger partial charge in [0.05, 0.1) is 17.0 Å². The first kappa shape index (κ1) is 18.1. The summed E-state index contributed by atoms with van der Waals surface area (Å²) >= 11 is 0. The van der Waals surface area contributed by atoms with E-state index in [9.17, 15) is 9.00 Å². The molecule has 1 atom stereocenters. The van der Waals surface area contributed by atoms with Crippen LogP contribution in [0.2, 0.25) is 0 Å². The number of carbonyl (C=O) groups excluding carboxylic acids is 1. The predicted molar refractivity (Wildman–Crippen MR) is 99.8 cm³/mol. The molecule has 5 nitrogen and oxygen atoms in total. The molecule has 0 radical (unpaired) electrons. The fourth-order valence-corrected chi connectivity index (χ4v) is 3.66. The van der Waals surface area contributed by atoms with Crippen molar-refractivity contribution >= 4 is 22.8 Å². The van der Waals surface area contributed by atoms with Crippen LogP contribution < -0.4 is 0 Å². The van der Waals surface area contributed by atoms with Crippen LogP contribution in [0.1, 0.15) is 45.6 Å². The van der Waals surface area contributed by atoms with Gasteiger partial charge in [-0.1, -0.05) is 30.3 Å². The van der Waals surface area contributed by atoms with Crippen molar-refractivity contribution in [3.05, 3.63) is 35.9 Å². The Morgan fingerprint density at radius 1 is 1.24 bits per heavy atom. The van der Waals surface area contributed by atoms with Crippen molar-refractivity contribution in [2.45, 2.75) is 51.4 Å². The third-order valence-corrected chi connectivity index (χ3v) is 6.28. The number of nitrogens with zero attached hydrogens (tertiary/aromatic N) is 2. The van der Waals surface area contributed by atoms with Crippen LogP contribution in [0.15, 0.2) is 34.7 Å². The molecule has 1 heterocycles. The molecule has 1 aliphatic heterocycles. The van der Waals surface area contributed by atoms with E-state index in [-0.39, 0.29) is 22.9 Å². The second kappa shape index (κ2) is 6.90. The summed E-state index contributed by atoms with van der Waals surface area (Å²) in [6.45, 7) is 7.12. The van der Waals surface area contributed by atoms with Gasteiger partial charge in [-0.15, -0.1) is 0 Å². The molecule has 0 aromatic heterocycles. The lowest BCUT2D eigenvalue weighted by molar-refractivity contribution is 0.0962. The van der Waals surface area contributed by atoms with Crippen LogP contribution >= 0.6 is 0 Å². The molecule has 2 aliphatic rings. The van der Waals surface area contributed by atoms with Crippen LogP contribution in [0, 0.1) is 5.41 Å². The predicted octanol–water partition coefficient (Wildman–Crippen LogP) is 3.71. The van der Waals surface area contributed by atoms with Gasteiger partial charge in [-0.05, 0) is 45.6 Å². The van der Waals surface area contributed by atoms with E-state index in [1.807, 2.05) is 51.1 Å². The molecule has 6 heteroatoms. The number of hydrogen-bond donors (Lipinski definition) is 0. The number of hydrogen-bond acceptors (Lipinski definition) is 3. The zero-order valence-corrected chi connectivity index (χ0v) is 16.0. The number of rotatable bonds is 3. The maximum Gasteiger partial charge on any atom is 0.410 e. The summed E-state index contributed by atoms with van der Waals surface area (Å²) in [5, 5.41) is 0. The molecular formula is C19H26N2O3S. The summed E-state index contributed by atoms with van der Waals surface area (Å²) in [6.07, 6.45) is 2.72. The maximum absolute atomic E-state index is 12.4. The molecular weight excluding hydrogens is 336 g/mol. The molecule has 0 unspecified atom stereocenters. The van der Waals surface area contributed by atoms with Crippen molar-refractivity contribution in [3.8, 4) is 0 Å². The van der Waals surface area contributed by atoms with Crippen LogP contribution in [0.5, 0.6) is 0 Å². The SMILES string of the molecule is CC(C)(C)[S@@](=O)N=C1CN(C(=O)OCc2ccccc2)CCC12CC2. The van der Waals surface area contributed by atoms with Crippen molar-refractivity contribution in [1.82, 2.24) is 4.90 Å². The highest BCUT2D eigenvalue weighted by Crippen LogP contribution is 2.52. The highest BCUT2D eigenvalue weighted by molar-refractivity contribution is 7.85. The van der Waals surface area contributed by atoms with E-state index in [4.69, 9.17) is 4.74 Å². The van der Waals surface area contributed by atoms with Gasteiger partial charge >= 0.3 is 6.09 Å². The number of likely N-dealkylation sites (tertiary alicyclic amines) is 1. The smallest absolute Gasteiger partial charge is 0.410 e. The quantitative estimate of drug-likeness (QED) is 0.823. The lowest BCUT2D eigenvalue weighted by atomic mass is 9.92. The summed E-state index contributed by atoms with van der Waals surface area (Å²) in [7, 11) is -1.29. The first-order chi connectivity index (χ1) is 11.8. The third-order valence-electron chi connectivity index (χ3n) is 4.85. The average Bonchev–Trinajstić information content (AvgIpc) is 3.35. The van der Waals surface area contributed by atoms with Gasteiger partial charge in [-0.25, -0.2) is 9.00 Å². The zero-order chi connectivity index (χ0) is 18.1. The van der Waals surface area contributed by atoms with Crippen molar-refractivity contribution in [2.24, 2.45) is 9.81 Å². The molecule has 2 fully saturated rings. The van der Waals surface area contributed by atoms with Crippen LogP contribution in [0.4, 0.5) is 4.79 Å². The van der Waals surface area contributed by atoms with E-state index < -0.39 is 11.0 Å². The average molecular weight is 362 g/mol. The lowest BCUT2D eigenvalue weighted by Crippen LogP contribution is -2.45. The second-order valence-electron chi connectivity index (χ2n) is 7.89. The minimum Gasteiger partial charge on any atom is -0.445 e. The van der Waals surface area contributed by atoms with Crippen LogP contribution in [-0.2, 0) is 22.3 Å². The number of ether oxygens (including phenoxy) is 1. The summed E-state index contributed by atoms with van der Waals surface area (Å²) in [6, 6.07) is 9.65. The van der Waals surface area contributed by atoms with E-state index in [0.717, 1.165) is 30.5 Å². The molecule has 136 valence electrons. The molecule has 1 spiro atoms. The standard InChI is InChI=1S/C19H26N2O3S/c1-18(2,3)25(23)20-16-13-21(12-11-19(16)9-10-19)17(22)24-14-15-7-5-4-6-8-15/h4-8H,9-14H2,1-3H3/t25-/m1/s1. The topological polar surface area (TPSA) is 59.0 Å². The normalized spacial score (nSPS) is 22.0. The molecule has 1 aromatic carbocycles. The van der Waals surface area contributed by atoms with Crippen LogP contribution in [-0.4, -0.2) is 38.8 Å². The van der Waals surface area contributed by atoms with Gasteiger partial charge in [0.1, 0.15) is 17.6 Å². The Bertz CT molecular complexity index is 690. The highest BCUT2D eigenvalue weighted by atomic mass is 32.2. The Kier molecular flexibility index (Phi) is 5.00. The third kappa shape index (κ3) is 4.29. The van der Waals surface area contributed by atoms with E-state index in [1.165, 1.54) is 0 Å². The molecule has 1 saturated heterocycles.